The van der Waals surface area contributed by atoms with E-state index in [0.717, 1.165) is 30.3 Å². The molecule has 68 valence electrons. The van der Waals surface area contributed by atoms with Crippen LogP contribution in [-0.2, 0) is 4.79 Å². The van der Waals surface area contributed by atoms with Crippen LogP contribution in [0, 0.1) is 0 Å². The molecular formula is C10H16O2. The number of aliphatic hydroxyl groups excluding tert-OH is 1. The molecule has 0 heterocycles. The highest BCUT2D eigenvalue weighted by Gasteiger charge is 1.88. The van der Waals surface area contributed by atoms with E-state index in [9.17, 15) is 4.79 Å². The van der Waals surface area contributed by atoms with Gasteiger partial charge in [-0.2, -0.15) is 0 Å². The Morgan fingerprint density at radius 1 is 1.33 bits per heavy atom. The maximum Gasteiger partial charge on any atom is 0.145 e. The Morgan fingerprint density at radius 2 is 2.00 bits per heavy atom. The number of allylic oxidation sites excluding steroid dienone is 3. The minimum absolute atomic E-state index is 0.0994. The summed E-state index contributed by atoms with van der Waals surface area (Å²) in [5.41, 5.74) is 1.93. The summed E-state index contributed by atoms with van der Waals surface area (Å²) in [6.45, 7) is 3.86. The van der Waals surface area contributed by atoms with Crippen molar-refractivity contribution in [3.05, 3.63) is 23.3 Å². The average Bonchev–Trinajstić information content (AvgIpc) is 2.04. The molecule has 0 saturated carbocycles. The third-order valence-corrected chi connectivity index (χ3v) is 1.63. The van der Waals surface area contributed by atoms with E-state index in [0.29, 0.717) is 0 Å². The van der Waals surface area contributed by atoms with Crippen molar-refractivity contribution in [1.82, 2.24) is 0 Å². The summed E-state index contributed by atoms with van der Waals surface area (Å²) < 4.78 is 0. The molecule has 12 heavy (non-hydrogen) atoms. The number of carbonyl (C=O) groups excluding carboxylic acids is 1. The Balaban J connectivity index is 3.69. The van der Waals surface area contributed by atoms with Crippen molar-refractivity contribution >= 4 is 6.29 Å². The van der Waals surface area contributed by atoms with E-state index in [4.69, 9.17) is 5.11 Å². The maximum atomic E-state index is 10.2. The van der Waals surface area contributed by atoms with Gasteiger partial charge in [-0.1, -0.05) is 17.7 Å². The van der Waals surface area contributed by atoms with Crippen LogP contribution in [0.4, 0.5) is 0 Å². The lowest BCUT2D eigenvalue weighted by Gasteiger charge is -1.96. The van der Waals surface area contributed by atoms with E-state index in [1.807, 2.05) is 13.0 Å². The van der Waals surface area contributed by atoms with Crippen LogP contribution in [0.5, 0.6) is 0 Å². The van der Waals surface area contributed by atoms with Crippen LogP contribution in [0.25, 0.3) is 0 Å². The monoisotopic (exact) mass is 168 g/mol. The molecule has 0 aromatic heterocycles. The van der Waals surface area contributed by atoms with Crippen molar-refractivity contribution in [2.75, 3.05) is 6.61 Å². The summed E-state index contributed by atoms with van der Waals surface area (Å²) >= 11 is 0. The number of hydrogen-bond acceptors (Lipinski definition) is 2. The van der Waals surface area contributed by atoms with Gasteiger partial charge in [-0.05, 0) is 32.3 Å². The molecule has 0 rings (SSSR count). The molecule has 0 aromatic rings. The molecule has 0 bridgehead atoms. The lowest BCUT2D eigenvalue weighted by Crippen LogP contribution is -1.82. The smallest absolute Gasteiger partial charge is 0.145 e. The molecule has 0 aromatic carbocycles. The number of hydrogen-bond donors (Lipinski definition) is 1. The quantitative estimate of drug-likeness (QED) is 0.386. The summed E-state index contributed by atoms with van der Waals surface area (Å²) in [5, 5.41) is 8.54. The van der Waals surface area contributed by atoms with Crippen LogP contribution in [0.1, 0.15) is 26.7 Å². The molecule has 2 nitrogen and oxygen atoms in total. The summed E-state index contributed by atoms with van der Waals surface area (Å²) in [6.07, 6.45) is 6.32. The molecular weight excluding hydrogens is 152 g/mol. The first-order chi connectivity index (χ1) is 5.70. The lowest BCUT2D eigenvalue weighted by atomic mass is 10.1. The fourth-order valence-electron chi connectivity index (χ4n) is 0.834. The van der Waals surface area contributed by atoms with Gasteiger partial charge in [-0.25, -0.2) is 0 Å². The van der Waals surface area contributed by atoms with Crippen molar-refractivity contribution in [3.8, 4) is 0 Å². The van der Waals surface area contributed by atoms with Crippen LogP contribution in [0.3, 0.4) is 0 Å². The Hall–Kier alpha value is -0.890. The van der Waals surface area contributed by atoms with Crippen LogP contribution in [0.2, 0.25) is 0 Å². The van der Waals surface area contributed by atoms with Crippen LogP contribution >= 0.6 is 0 Å². The topological polar surface area (TPSA) is 37.3 Å². The Kier molecular flexibility index (Phi) is 6.29. The van der Waals surface area contributed by atoms with Crippen LogP contribution < -0.4 is 0 Å². The van der Waals surface area contributed by atoms with Crippen LogP contribution in [0.15, 0.2) is 23.3 Å². The van der Waals surface area contributed by atoms with E-state index in [1.165, 1.54) is 0 Å². The zero-order valence-electron chi connectivity index (χ0n) is 7.71. The van der Waals surface area contributed by atoms with E-state index >= 15 is 0 Å². The number of carbonyl (C=O) groups is 1. The van der Waals surface area contributed by atoms with Gasteiger partial charge in [0.05, 0.1) is 6.61 Å². The van der Waals surface area contributed by atoms with Crippen molar-refractivity contribution in [3.63, 3.8) is 0 Å². The van der Waals surface area contributed by atoms with E-state index in [1.54, 1.807) is 13.0 Å². The summed E-state index contributed by atoms with van der Waals surface area (Å²) in [4.78, 5) is 10.2. The first-order valence-electron chi connectivity index (χ1n) is 4.09. The Bertz CT molecular complexity index is 190. The highest BCUT2D eigenvalue weighted by molar-refractivity contribution is 5.71. The molecule has 0 amide bonds. The second-order valence-corrected chi connectivity index (χ2v) is 2.84. The summed E-state index contributed by atoms with van der Waals surface area (Å²) in [5.74, 6) is 0. The largest absolute Gasteiger partial charge is 0.392 e. The standard InChI is InChI=1S/C10H16O2/c1-9(6-7-11)4-3-5-10(2)8-12/h5-6,8,11H,3-4,7H2,1-2H3/b9-6-,10-5-. The van der Waals surface area contributed by atoms with Gasteiger partial charge in [0, 0.05) is 0 Å². The third-order valence-electron chi connectivity index (χ3n) is 1.63. The normalized spacial score (nSPS) is 13.2. The predicted molar refractivity (Wildman–Crippen MR) is 49.9 cm³/mol. The van der Waals surface area contributed by atoms with Crippen molar-refractivity contribution in [2.24, 2.45) is 0 Å². The van der Waals surface area contributed by atoms with E-state index in [2.05, 4.69) is 0 Å². The maximum absolute atomic E-state index is 10.2. The second kappa shape index (κ2) is 6.80. The first kappa shape index (κ1) is 11.1. The molecule has 0 unspecified atom stereocenters. The van der Waals surface area contributed by atoms with Gasteiger partial charge in [0.15, 0.2) is 0 Å². The van der Waals surface area contributed by atoms with Crippen molar-refractivity contribution in [1.29, 1.82) is 0 Å². The van der Waals surface area contributed by atoms with Crippen LogP contribution in [-0.4, -0.2) is 18.0 Å². The second-order valence-electron chi connectivity index (χ2n) is 2.84. The van der Waals surface area contributed by atoms with Crippen molar-refractivity contribution in [2.45, 2.75) is 26.7 Å². The highest BCUT2D eigenvalue weighted by atomic mass is 16.2. The average molecular weight is 168 g/mol. The molecule has 0 aliphatic rings. The number of rotatable bonds is 5. The third kappa shape index (κ3) is 5.86. The summed E-state index contributed by atoms with van der Waals surface area (Å²) in [6, 6.07) is 0. The van der Waals surface area contributed by atoms with Gasteiger partial charge in [0.1, 0.15) is 6.29 Å². The van der Waals surface area contributed by atoms with Gasteiger partial charge in [0.25, 0.3) is 0 Å². The fourth-order valence-corrected chi connectivity index (χ4v) is 0.834. The molecule has 0 radical (unpaired) electrons. The first-order valence-corrected chi connectivity index (χ1v) is 4.09. The molecule has 1 N–H and O–H groups in total. The SMILES string of the molecule is C/C(C=O)=C/CC/C(C)=C\CO. The lowest BCUT2D eigenvalue weighted by molar-refractivity contribution is -0.104. The Morgan fingerprint density at radius 3 is 2.50 bits per heavy atom. The zero-order valence-corrected chi connectivity index (χ0v) is 7.71. The van der Waals surface area contributed by atoms with E-state index in [-0.39, 0.29) is 6.61 Å². The highest BCUT2D eigenvalue weighted by Crippen LogP contribution is 2.05. The van der Waals surface area contributed by atoms with Gasteiger partial charge < -0.3 is 5.11 Å². The predicted octanol–water partition coefficient (Wildman–Crippen LogP) is 1.85. The number of aliphatic hydroxyl groups is 1. The molecule has 0 aliphatic carbocycles. The summed E-state index contributed by atoms with van der Waals surface area (Å²) in [7, 11) is 0. The fraction of sp³-hybridized carbons (Fsp3) is 0.500. The molecule has 0 aliphatic heterocycles. The van der Waals surface area contributed by atoms with Gasteiger partial charge >= 0.3 is 0 Å². The zero-order chi connectivity index (χ0) is 9.40. The van der Waals surface area contributed by atoms with Gasteiger partial charge in [0.2, 0.25) is 0 Å². The number of aldehydes is 1. The van der Waals surface area contributed by atoms with E-state index < -0.39 is 0 Å². The minimum atomic E-state index is 0.0994. The van der Waals surface area contributed by atoms with Crippen molar-refractivity contribution < 1.29 is 9.90 Å². The molecule has 0 fully saturated rings. The molecule has 0 saturated heterocycles. The Labute approximate surface area is 73.6 Å². The van der Waals surface area contributed by atoms with Gasteiger partial charge in [-0.3, -0.25) is 4.79 Å². The molecule has 0 atom stereocenters. The molecule has 2 heteroatoms. The molecule has 0 spiro atoms. The van der Waals surface area contributed by atoms with Gasteiger partial charge in [-0.15, -0.1) is 0 Å². The minimum Gasteiger partial charge on any atom is -0.392 e.